The highest BCUT2D eigenvalue weighted by Crippen LogP contribution is 2.31. The Hall–Kier alpha value is -2.98. The van der Waals surface area contributed by atoms with E-state index in [-0.39, 0.29) is 0 Å². The van der Waals surface area contributed by atoms with Crippen LogP contribution in [0, 0.1) is 13.8 Å². The summed E-state index contributed by atoms with van der Waals surface area (Å²) in [7, 11) is 0. The minimum atomic E-state index is -1.81. The summed E-state index contributed by atoms with van der Waals surface area (Å²) in [6.07, 6.45) is 1.59. The van der Waals surface area contributed by atoms with E-state index in [9.17, 15) is 9.90 Å². The molecule has 1 heterocycles. The zero-order valence-electron chi connectivity index (χ0n) is 14.2. The molecule has 1 amide bonds. The molecule has 126 valence electrons. The average Bonchev–Trinajstić information content (AvgIpc) is 2.63. The number of aliphatic hydroxyl groups is 1. The van der Waals surface area contributed by atoms with Crippen LogP contribution < -0.4 is 5.32 Å². The van der Waals surface area contributed by atoms with Gasteiger partial charge in [-0.3, -0.25) is 4.79 Å². The number of aromatic nitrogens is 1. The number of rotatable bonds is 4. The number of benzene rings is 2. The van der Waals surface area contributed by atoms with Crippen LogP contribution in [0.4, 0.5) is 5.82 Å². The van der Waals surface area contributed by atoms with Crippen molar-refractivity contribution in [1.29, 1.82) is 0 Å². The number of nitrogens with zero attached hydrogens (tertiary/aromatic N) is 1. The zero-order chi connectivity index (χ0) is 17.9. The van der Waals surface area contributed by atoms with Crippen LogP contribution >= 0.6 is 0 Å². The van der Waals surface area contributed by atoms with Gasteiger partial charge in [0.2, 0.25) is 0 Å². The number of hydrogen-bond acceptors (Lipinski definition) is 3. The van der Waals surface area contributed by atoms with E-state index in [1.807, 2.05) is 38.1 Å². The molecule has 2 N–H and O–H groups in total. The first kappa shape index (κ1) is 16.9. The predicted molar refractivity (Wildman–Crippen MR) is 98.2 cm³/mol. The van der Waals surface area contributed by atoms with Gasteiger partial charge in [-0.2, -0.15) is 0 Å². The first-order chi connectivity index (χ1) is 12.0. The van der Waals surface area contributed by atoms with Gasteiger partial charge >= 0.3 is 0 Å². The van der Waals surface area contributed by atoms with Crippen molar-refractivity contribution in [3.05, 3.63) is 95.2 Å². The van der Waals surface area contributed by atoms with Gasteiger partial charge in [-0.25, -0.2) is 4.98 Å². The van der Waals surface area contributed by atoms with Crippen LogP contribution in [-0.2, 0) is 10.4 Å². The summed E-state index contributed by atoms with van der Waals surface area (Å²) in [5, 5.41) is 14.1. The number of nitrogens with one attached hydrogen (secondary N) is 1. The lowest BCUT2D eigenvalue weighted by atomic mass is 9.84. The molecule has 3 aromatic rings. The molecule has 0 aliphatic carbocycles. The summed E-state index contributed by atoms with van der Waals surface area (Å²) in [6, 6.07) is 19.8. The molecule has 1 aromatic heterocycles. The van der Waals surface area contributed by atoms with E-state index in [2.05, 4.69) is 10.3 Å². The first-order valence-corrected chi connectivity index (χ1v) is 8.09. The second-order valence-electron chi connectivity index (χ2n) is 6.11. The molecule has 2 aromatic carbocycles. The number of amides is 1. The lowest BCUT2D eigenvalue weighted by Gasteiger charge is -2.28. The minimum Gasteiger partial charge on any atom is -0.372 e. The lowest BCUT2D eigenvalue weighted by molar-refractivity contribution is -0.131. The molecular formula is C21H20N2O2. The van der Waals surface area contributed by atoms with Gasteiger partial charge in [-0.15, -0.1) is 0 Å². The summed E-state index contributed by atoms with van der Waals surface area (Å²) in [5.41, 5.74) is 1.32. The Morgan fingerprint density at radius 2 is 1.40 bits per heavy atom. The van der Waals surface area contributed by atoms with Gasteiger partial charge in [-0.05, 0) is 37.1 Å². The van der Waals surface area contributed by atoms with Crippen molar-refractivity contribution in [2.75, 3.05) is 5.32 Å². The van der Waals surface area contributed by atoms with Gasteiger partial charge in [0.05, 0.1) is 0 Å². The van der Waals surface area contributed by atoms with Gasteiger partial charge in [0.15, 0.2) is 5.60 Å². The van der Waals surface area contributed by atoms with Gasteiger partial charge in [-0.1, -0.05) is 65.7 Å². The van der Waals surface area contributed by atoms with Crippen molar-refractivity contribution >= 4 is 11.7 Å². The Labute approximate surface area is 147 Å². The third kappa shape index (κ3) is 3.44. The molecule has 0 unspecified atom stereocenters. The number of carbonyl (C=O) groups excluding carboxylic acids is 1. The zero-order valence-corrected chi connectivity index (χ0v) is 14.2. The molecule has 0 saturated carbocycles. The highest BCUT2D eigenvalue weighted by Gasteiger charge is 2.40. The first-order valence-electron chi connectivity index (χ1n) is 8.09. The second-order valence-corrected chi connectivity index (χ2v) is 6.11. The molecule has 0 aliphatic heterocycles. The summed E-state index contributed by atoms with van der Waals surface area (Å²) in [4.78, 5) is 17.1. The van der Waals surface area contributed by atoms with Gasteiger partial charge in [0.25, 0.3) is 5.91 Å². The fourth-order valence-corrected chi connectivity index (χ4v) is 2.66. The molecule has 0 saturated heterocycles. The molecule has 0 spiro atoms. The predicted octanol–water partition coefficient (Wildman–Crippen LogP) is 3.57. The molecule has 4 nitrogen and oxygen atoms in total. The number of hydrogen-bond donors (Lipinski definition) is 2. The summed E-state index contributed by atoms with van der Waals surface area (Å²) in [6.45, 7) is 3.92. The molecule has 0 fully saturated rings. The van der Waals surface area contributed by atoms with Gasteiger partial charge < -0.3 is 10.4 Å². The van der Waals surface area contributed by atoms with Crippen molar-refractivity contribution in [2.24, 2.45) is 0 Å². The van der Waals surface area contributed by atoms with Gasteiger partial charge in [0.1, 0.15) is 5.82 Å². The molecule has 0 bridgehead atoms. The number of anilines is 1. The van der Waals surface area contributed by atoms with Crippen molar-refractivity contribution in [1.82, 2.24) is 4.98 Å². The Morgan fingerprint density at radius 1 is 0.880 bits per heavy atom. The van der Waals surface area contributed by atoms with Crippen molar-refractivity contribution < 1.29 is 9.90 Å². The molecule has 25 heavy (non-hydrogen) atoms. The van der Waals surface area contributed by atoms with E-state index in [4.69, 9.17) is 0 Å². The Balaban J connectivity index is 2.06. The third-order valence-corrected chi connectivity index (χ3v) is 4.17. The van der Waals surface area contributed by atoms with Crippen molar-refractivity contribution in [3.8, 4) is 0 Å². The number of carbonyl (C=O) groups is 1. The normalized spacial score (nSPS) is 11.2. The SMILES string of the molecule is Cc1ccc(C(O)(C(=O)Nc2ccccn2)c2ccc(C)cc2)cc1. The lowest BCUT2D eigenvalue weighted by Crippen LogP contribution is -2.41. The average molecular weight is 332 g/mol. The van der Waals surface area contributed by atoms with Crippen LogP contribution in [0.1, 0.15) is 22.3 Å². The maximum atomic E-state index is 13.0. The van der Waals surface area contributed by atoms with Crippen LogP contribution in [-0.4, -0.2) is 16.0 Å². The number of aryl methyl sites for hydroxylation is 2. The standard InChI is InChI=1S/C21H20N2O2/c1-15-6-10-17(11-7-15)21(25,18-12-8-16(2)9-13-18)20(24)23-19-5-3-4-14-22-19/h3-14,25H,1-2H3,(H,22,23,24). The maximum absolute atomic E-state index is 13.0. The topological polar surface area (TPSA) is 62.2 Å². The molecule has 0 atom stereocenters. The van der Waals surface area contributed by atoms with Crippen LogP contribution in [0.3, 0.4) is 0 Å². The molecule has 3 rings (SSSR count). The molecule has 4 heteroatoms. The van der Waals surface area contributed by atoms with Crippen molar-refractivity contribution in [2.45, 2.75) is 19.4 Å². The summed E-state index contributed by atoms with van der Waals surface area (Å²) >= 11 is 0. The van der Waals surface area contributed by atoms with E-state index >= 15 is 0 Å². The van der Waals surface area contributed by atoms with Crippen LogP contribution in [0.2, 0.25) is 0 Å². The Bertz CT molecular complexity index is 811. The largest absolute Gasteiger partial charge is 0.372 e. The third-order valence-electron chi connectivity index (χ3n) is 4.17. The Kier molecular flexibility index (Phi) is 4.63. The monoisotopic (exact) mass is 332 g/mol. The van der Waals surface area contributed by atoms with E-state index in [0.717, 1.165) is 11.1 Å². The van der Waals surface area contributed by atoms with Crippen LogP contribution in [0.5, 0.6) is 0 Å². The van der Waals surface area contributed by atoms with E-state index < -0.39 is 11.5 Å². The maximum Gasteiger partial charge on any atom is 0.266 e. The summed E-state index contributed by atoms with van der Waals surface area (Å²) in [5.74, 6) is -0.149. The number of pyridine rings is 1. The van der Waals surface area contributed by atoms with E-state index in [1.165, 1.54) is 0 Å². The fourth-order valence-electron chi connectivity index (χ4n) is 2.66. The summed E-state index contributed by atoms with van der Waals surface area (Å²) < 4.78 is 0. The molecular weight excluding hydrogens is 312 g/mol. The van der Waals surface area contributed by atoms with Gasteiger partial charge in [0, 0.05) is 6.20 Å². The molecule has 0 radical (unpaired) electrons. The van der Waals surface area contributed by atoms with Crippen LogP contribution in [0.15, 0.2) is 72.9 Å². The van der Waals surface area contributed by atoms with Crippen molar-refractivity contribution in [3.63, 3.8) is 0 Å². The van der Waals surface area contributed by atoms with E-state index in [1.54, 1.807) is 48.7 Å². The van der Waals surface area contributed by atoms with E-state index in [0.29, 0.717) is 16.9 Å². The molecule has 0 aliphatic rings. The Morgan fingerprint density at radius 3 is 1.84 bits per heavy atom. The smallest absolute Gasteiger partial charge is 0.266 e. The fraction of sp³-hybridized carbons (Fsp3) is 0.143. The quantitative estimate of drug-likeness (QED) is 0.768. The second kappa shape index (κ2) is 6.87. The van der Waals surface area contributed by atoms with Crippen LogP contribution in [0.25, 0.3) is 0 Å². The minimum absolute atomic E-state index is 0.394. The highest BCUT2D eigenvalue weighted by atomic mass is 16.3. The highest BCUT2D eigenvalue weighted by molar-refractivity contribution is 5.99.